The van der Waals surface area contributed by atoms with Gasteiger partial charge in [0, 0.05) is 28.0 Å². The summed E-state index contributed by atoms with van der Waals surface area (Å²) in [6.45, 7) is 4.47. The average Bonchev–Trinajstić information content (AvgIpc) is 2.46. The molecule has 2 rings (SSSR count). The molecule has 3 N–H and O–H groups in total. The lowest BCUT2D eigenvalue weighted by molar-refractivity contribution is 0.489. The standard InChI is InChI=1S/C15H24N2S2/c1-3-14-15(19-9-8-18-14)13(17-16)10-12-7-5-4-6-11(12)2/h4-7,13-15,17H,3,8-10,16H2,1-2H3. The van der Waals surface area contributed by atoms with Crippen molar-refractivity contribution in [3.63, 3.8) is 0 Å². The molecule has 3 unspecified atom stereocenters. The number of nitrogens with two attached hydrogens (primary N) is 1. The lowest BCUT2D eigenvalue weighted by atomic mass is 9.97. The monoisotopic (exact) mass is 296 g/mol. The summed E-state index contributed by atoms with van der Waals surface area (Å²) in [6.07, 6.45) is 2.26. The molecular weight excluding hydrogens is 272 g/mol. The normalized spacial score (nSPS) is 25.2. The van der Waals surface area contributed by atoms with E-state index in [4.69, 9.17) is 5.84 Å². The first-order valence-electron chi connectivity index (χ1n) is 7.00. The third-order valence-electron chi connectivity index (χ3n) is 3.81. The molecule has 1 aliphatic rings. The number of hydrazine groups is 1. The highest BCUT2D eigenvalue weighted by atomic mass is 32.2. The summed E-state index contributed by atoms with van der Waals surface area (Å²) >= 11 is 4.20. The van der Waals surface area contributed by atoms with Gasteiger partial charge in [-0.1, -0.05) is 31.2 Å². The molecule has 1 aromatic rings. The molecule has 1 fully saturated rings. The SMILES string of the molecule is CCC1SCCSC1C(Cc1ccccc1C)NN. The van der Waals surface area contributed by atoms with Crippen LogP contribution >= 0.6 is 23.5 Å². The molecule has 1 aromatic carbocycles. The van der Waals surface area contributed by atoms with E-state index in [2.05, 4.69) is 67.1 Å². The molecule has 1 heterocycles. The van der Waals surface area contributed by atoms with Crippen LogP contribution in [0.5, 0.6) is 0 Å². The van der Waals surface area contributed by atoms with Crippen molar-refractivity contribution in [2.45, 2.75) is 43.2 Å². The quantitative estimate of drug-likeness (QED) is 0.647. The van der Waals surface area contributed by atoms with Gasteiger partial charge in [-0.05, 0) is 30.9 Å². The molecule has 0 aliphatic carbocycles. The van der Waals surface area contributed by atoms with E-state index in [1.807, 2.05) is 0 Å². The van der Waals surface area contributed by atoms with Gasteiger partial charge in [0.1, 0.15) is 0 Å². The van der Waals surface area contributed by atoms with Gasteiger partial charge in [0.25, 0.3) is 0 Å². The second-order valence-corrected chi connectivity index (χ2v) is 7.69. The van der Waals surface area contributed by atoms with Gasteiger partial charge in [-0.25, -0.2) is 0 Å². The van der Waals surface area contributed by atoms with Crippen LogP contribution in [0.15, 0.2) is 24.3 Å². The number of rotatable bonds is 5. The molecule has 0 radical (unpaired) electrons. The number of hydrogen-bond acceptors (Lipinski definition) is 4. The minimum absolute atomic E-state index is 0.365. The highest BCUT2D eigenvalue weighted by molar-refractivity contribution is 8.07. The zero-order chi connectivity index (χ0) is 13.7. The third-order valence-corrected chi connectivity index (χ3v) is 7.21. The molecule has 1 saturated heterocycles. The van der Waals surface area contributed by atoms with Crippen LogP contribution in [-0.4, -0.2) is 28.0 Å². The highest BCUT2D eigenvalue weighted by Crippen LogP contribution is 2.36. The number of aryl methyl sites for hydroxylation is 1. The summed E-state index contributed by atoms with van der Waals surface area (Å²) in [5.41, 5.74) is 5.86. The van der Waals surface area contributed by atoms with E-state index in [0.717, 1.165) is 11.7 Å². The van der Waals surface area contributed by atoms with E-state index >= 15 is 0 Å². The van der Waals surface area contributed by atoms with Crippen LogP contribution in [-0.2, 0) is 6.42 Å². The second-order valence-electron chi connectivity index (χ2n) is 5.06. The lowest BCUT2D eigenvalue weighted by Crippen LogP contribution is -2.49. The summed E-state index contributed by atoms with van der Waals surface area (Å²) in [5.74, 6) is 8.37. The van der Waals surface area contributed by atoms with E-state index in [9.17, 15) is 0 Å². The summed E-state index contributed by atoms with van der Waals surface area (Å²) in [7, 11) is 0. The van der Waals surface area contributed by atoms with E-state index in [1.165, 1.54) is 29.1 Å². The molecule has 4 heteroatoms. The van der Waals surface area contributed by atoms with Crippen molar-refractivity contribution in [1.29, 1.82) is 0 Å². The highest BCUT2D eigenvalue weighted by Gasteiger charge is 2.31. The molecule has 1 aliphatic heterocycles. The molecule has 19 heavy (non-hydrogen) atoms. The second kappa shape index (κ2) is 7.58. The van der Waals surface area contributed by atoms with Crippen LogP contribution in [0.2, 0.25) is 0 Å². The van der Waals surface area contributed by atoms with Crippen LogP contribution in [0, 0.1) is 6.92 Å². The Morgan fingerprint density at radius 2 is 2.05 bits per heavy atom. The number of thioether (sulfide) groups is 2. The zero-order valence-electron chi connectivity index (χ0n) is 11.8. The first-order chi connectivity index (χ1) is 9.26. The van der Waals surface area contributed by atoms with Crippen LogP contribution in [0.25, 0.3) is 0 Å². The molecule has 2 nitrogen and oxygen atoms in total. The van der Waals surface area contributed by atoms with Gasteiger partial charge in [0.05, 0.1) is 0 Å². The molecule has 3 atom stereocenters. The number of hydrogen-bond donors (Lipinski definition) is 2. The Hall–Kier alpha value is -0.160. The molecule has 0 bridgehead atoms. The van der Waals surface area contributed by atoms with E-state index in [1.54, 1.807) is 0 Å². The molecule has 106 valence electrons. The maximum Gasteiger partial charge on any atom is 0.0380 e. The van der Waals surface area contributed by atoms with Gasteiger partial charge in [-0.3, -0.25) is 11.3 Å². The van der Waals surface area contributed by atoms with Crippen LogP contribution in [0.3, 0.4) is 0 Å². The number of nitrogens with one attached hydrogen (secondary N) is 1. The average molecular weight is 297 g/mol. The van der Waals surface area contributed by atoms with E-state index in [0.29, 0.717) is 11.3 Å². The van der Waals surface area contributed by atoms with Crippen molar-refractivity contribution in [3.05, 3.63) is 35.4 Å². The topological polar surface area (TPSA) is 38.0 Å². The fraction of sp³-hybridized carbons (Fsp3) is 0.600. The molecule has 0 spiro atoms. The smallest absolute Gasteiger partial charge is 0.0380 e. The number of benzene rings is 1. The van der Waals surface area contributed by atoms with E-state index < -0.39 is 0 Å². The summed E-state index contributed by atoms with van der Waals surface area (Å²) in [4.78, 5) is 0. The largest absolute Gasteiger partial charge is 0.271 e. The maximum atomic E-state index is 5.85. The van der Waals surface area contributed by atoms with Crippen LogP contribution < -0.4 is 11.3 Å². The molecular formula is C15H24N2S2. The van der Waals surface area contributed by atoms with Gasteiger partial charge in [-0.15, -0.1) is 0 Å². The first kappa shape index (κ1) is 15.2. The molecule has 0 amide bonds. The predicted octanol–water partition coefficient (Wildman–Crippen LogP) is 3.00. The molecule has 0 saturated carbocycles. The summed E-state index contributed by atoms with van der Waals surface area (Å²) < 4.78 is 0. The fourth-order valence-corrected chi connectivity index (χ4v) is 5.90. The van der Waals surface area contributed by atoms with Crippen LogP contribution in [0.4, 0.5) is 0 Å². The summed E-state index contributed by atoms with van der Waals surface area (Å²) in [6, 6.07) is 8.99. The van der Waals surface area contributed by atoms with Crippen molar-refractivity contribution in [2.75, 3.05) is 11.5 Å². The Morgan fingerprint density at radius 3 is 2.74 bits per heavy atom. The zero-order valence-corrected chi connectivity index (χ0v) is 13.4. The first-order valence-corrected chi connectivity index (χ1v) is 9.09. The van der Waals surface area contributed by atoms with Gasteiger partial charge in [0.15, 0.2) is 0 Å². The fourth-order valence-electron chi connectivity index (χ4n) is 2.66. The Morgan fingerprint density at radius 1 is 1.32 bits per heavy atom. The third kappa shape index (κ3) is 3.91. The van der Waals surface area contributed by atoms with E-state index in [-0.39, 0.29) is 0 Å². The van der Waals surface area contributed by atoms with Gasteiger partial charge in [-0.2, -0.15) is 23.5 Å². The van der Waals surface area contributed by atoms with Gasteiger partial charge >= 0.3 is 0 Å². The van der Waals surface area contributed by atoms with Crippen LogP contribution in [0.1, 0.15) is 24.5 Å². The minimum Gasteiger partial charge on any atom is -0.271 e. The van der Waals surface area contributed by atoms with Crippen molar-refractivity contribution in [3.8, 4) is 0 Å². The summed E-state index contributed by atoms with van der Waals surface area (Å²) in [5, 5.41) is 1.34. The lowest BCUT2D eigenvalue weighted by Gasteiger charge is -2.35. The minimum atomic E-state index is 0.365. The Kier molecular flexibility index (Phi) is 6.07. The van der Waals surface area contributed by atoms with Crippen molar-refractivity contribution >= 4 is 23.5 Å². The predicted molar refractivity (Wildman–Crippen MR) is 88.8 cm³/mol. The Labute approximate surface area is 125 Å². The van der Waals surface area contributed by atoms with Crippen molar-refractivity contribution < 1.29 is 0 Å². The van der Waals surface area contributed by atoms with Gasteiger partial charge in [0.2, 0.25) is 0 Å². The molecule has 0 aromatic heterocycles. The van der Waals surface area contributed by atoms with Crippen molar-refractivity contribution in [2.24, 2.45) is 5.84 Å². The Bertz CT molecular complexity index is 397. The van der Waals surface area contributed by atoms with Gasteiger partial charge < -0.3 is 0 Å². The maximum absolute atomic E-state index is 5.85. The van der Waals surface area contributed by atoms with Crippen molar-refractivity contribution in [1.82, 2.24) is 5.43 Å². The Balaban J connectivity index is 2.08.